The first-order chi connectivity index (χ1) is 8.69. The maximum absolute atomic E-state index is 11.4. The summed E-state index contributed by atoms with van der Waals surface area (Å²) in [5.41, 5.74) is 1.36. The first kappa shape index (κ1) is 12.7. The molecule has 0 bridgehead atoms. The van der Waals surface area contributed by atoms with E-state index in [-0.39, 0.29) is 5.97 Å². The minimum Gasteiger partial charge on any atom is -0.465 e. The summed E-state index contributed by atoms with van der Waals surface area (Å²) in [6, 6.07) is 10.8. The Morgan fingerprint density at radius 1 is 1.39 bits per heavy atom. The van der Waals surface area contributed by atoms with E-state index in [4.69, 9.17) is 4.42 Å². The van der Waals surface area contributed by atoms with E-state index in [2.05, 4.69) is 26.0 Å². The monoisotopic (exact) mass is 309 g/mol. The second-order valence-corrected chi connectivity index (χ2v) is 4.41. The fourth-order valence-electron chi connectivity index (χ4n) is 1.51. The van der Waals surface area contributed by atoms with Crippen molar-refractivity contribution < 1.29 is 13.9 Å². The van der Waals surface area contributed by atoms with Crippen molar-refractivity contribution in [2.45, 2.75) is 6.54 Å². The highest BCUT2D eigenvalue weighted by Crippen LogP contribution is 2.16. The molecule has 0 aliphatic heterocycles. The minimum atomic E-state index is -0.348. The van der Waals surface area contributed by atoms with E-state index in [1.165, 1.54) is 7.11 Å². The van der Waals surface area contributed by atoms with E-state index in [0.717, 1.165) is 11.4 Å². The van der Waals surface area contributed by atoms with Gasteiger partial charge in [-0.3, -0.25) is 0 Å². The summed E-state index contributed by atoms with van der Waals surface area (Å²) >= 11 is 3.24. The fourth-order valence-corrected chi connectivity index (χ4v) is 1.85. The smallest absolute Gasteiger partial charge is 0.337 e. The van der Waals surface area contributed by atoms with E-state index in [1.54, 1.807) is 18.2 Å². The lowest BCUT2D eigenvalue weighted by atomic mass is 10.2. The van der Waals surface area contributed by atoms with E-state index in [1.807, 2.05) is 18.2 Å². The zero-order valence-corrected chi connectivity index (χ0v) is 11.4. The van der Waals surface area contributed by atoms with Crippen molar-refractivity contribution in [2.75, 3.05) is 12.4 Å². The van der Waals surface area contributed by atoms with Crippen LogP contribution < -0.4 is 5.32 Å². The van der Waals surface area contributed by atoms with Crippen LogP contribution in [0.2, 0.25) is 0 Å². The van der Waals surface area contributed by atoms with Gasteiger partial charge in [0.25, 0.3) is 0 Å². The molecule has 1 aromatic carbocycles. The Morgan fingerprint density at radius 3 is 2.89 bits per heavy atom. The predicted molar refractivity (Wildman–Crippen MR) is 71.5 cm³/mol. The van der Waals surface area contributed by atoms with Crippen molar-refractivity contribution in [3.63, 3.8) is 0 Å². The van der Waals surface area contributed by atoms with Gasteiger partial charge < -0.3 is 14.5 Å². The van der Waals surface area contributed by atoms with Gasteiger partial charge in [-0.1, -0.05) is 6.07 Å². The number of hydrogen-bond acceptors (Lipinski definition) is 4. The third-order valence-electron chi connectivity index (χ3n) is 2.38. The second kappa shape index (κ2) is 5.73. The first-order valence-corrected chi connectivity index (χ1v) is 6.15. The van der Waals surface area contributed by atoms with Crippen LogP contribution in [0.4, 0.5) is 5.69 Å². The van der Waals surface area contributed by atoms with Crippen LogP contribution in [0.1, 0.15) is 16.1 Å². The Bertz CT molecular complexity index is 551. The summed E-state index contributed by atoms with van der Waals surface area (Å²) in [4.78, 5) is 11.4. The van der Waals surface area contributed by atoms with Crippen LogP contribution in [0.25, 0.3) is 0 Å². The summed E-state index contributed by atoms with van der Waals surface area (Å²) in [6.45, 7) is 0.552. The van der Waals surface area contributed by atoms with E-state index in [9.17, 15) is 4.79 Å². The number of nitrogens with one attached hydrogen (secondary N) is 1. The molecular weight excluding hydrogens is 298 g/mol. The third-order valence-corrected chi connectivity index (χ3v) is 2.81. The molecular formula is C13H12BrNO3. The predicted octanol–water partition coefficient (Wildman–Crippen LogP) is 3.44. The minimum absolute atomic E-state index is 0.348. The Morgan fingerprint density at radius 2 is 2.22 bits per heavy atom. The number of anilines is 1. The highest BCUT2D eigenvalue weighted by molar-refractivity contribution is 9.10. The zero-order chi connectivity index (χ0) is 13.0. The first-order valence-electron chi connectivity index (χ1n) is 5.35. The van der Waals surface area contributed by atoms with Gasteiger partial charge in [0.2, 0.25) is 0 Å². The van der Waals surface area contributed by atoms with Gasteiger partial charge in [0.1, 0.15) is 5.76 Å². The average molecular weight is 310 g/mol. The van der Waals surface area contributed by atoms with Gasteiger partial charge in [-0.05, 0) is 46.3 Å². The van der Waals surface area contributed by atoms with Crippen molar-refractivity contribution >= 4 is 27.6 Å². The molecule has 0 aliphatic carbocycles. The highest BCUT2D eigenvalue weighted by atomic mass is 79.9. The molecule has 1 heterocycles. The van der Waals surface area contributed by atoms with Crippen LogP contribution in [-0.4, -0.2) is 13.1 Å². The summed E-state index contributed by atoms with van der Waals surface area (Å²) in [6.07, 6.45) is 0. The van der Waals surface area contributed by atoms with Gasteiger partial charge in [0, 0.05) is 5.69 Å². The summed E-state index contributed by atoms with van der Waals surface area (Å²) in [5.74, 6) is 0.463. The van der Waals surface area contributed by atoms with Crippen LogP contribution in [0.15, 0.2) is 45.5 Å². The molecule has 1 aromatic heterocycles. The normalized spacial score (nSPS) is 10.1. The maximum atomic E-state index is 11.4. The van der Waals surface area contributed by atoms with Gasteiger partial charge in [0.05, 0.1) is 19.2 Å². The molecule has 0 spiro atoms. The van der Waals surface area contributed by atoms with E-state index >= 15 is 0 Å². The number of carbonyl (C=O) groups is 1. The van der Waals surface area contributed by atoms with Crippen LogP contribution in [0.5, 0.6) is 0 Å². The fraction of sp³-hybridized carbons (Fsp3) is 0.154. The lowest BCUT2D eigenvalue weighted by molar-refractivity contribution is 0.0601. The van der Waals surface area contributed by atoms with Crippen molar-refractivity contribution in [3.05, 3.63) is 52.4 Å². The molecule has 0 saturated carbocycles. The molecule has 0 saturated heterocycles. The number of halogens is 1. The molecule has 18 heavy (non-hydrogen) atoms. The van der Waals surface area contributed by atoms with Crippen molar-refractivity contribution in [1.82, 2.24) is 0 Å². The number of furan rings is 1. The third kappa shape index (κ3) is 3.13. The van der Waals surface area contributed by atoms with Crippen LogP contribution in [0, 0.1) is 0 Å². The number of methoxy groups -OCH3 is 1. The zero-order valence-electron chi connectivity index (χ0n) is 9.77. The van der Waals surface area contributed by atoms with Gasteiger partial charge in [-0.15, -0.1) is 0 Å². The maximum Gasteiger partial charge on any atom is 0.337 e. The lowest BCUT2D eigenvalue weighted by Gasteiger charge is -2.06. The van der Waals surface area contributed by atoms with Crippen LogP contribution >= 0.6 is 15.9 Å². The van der Waals surface area contributed by atoms with E-state index < -0.39 is 0 Å². The molecule has 0 unspecified atom stereocenters. The van der Waals surface area contributed by atoms with Gasteiger partial charge in [-0.2, -0.15) is 0 Å². The molecule has 4 nitrogen and oxygen atoms in total. The molecule has 0 fully saturated rings. The SMILES string of the molecule is COC(=O)c1cccc(NCc2ccc(Br)o2)c1. The second-order valence-electron chi connectivity index (χ2n) is 3.63. The summed E-state index contributed by atoms with van der Waals surface area (Å²) < 4.78 is 10.7. The quantitative estimate of drug-likeness (QED) is 0.879. The molecule has 5 heteroatoms. The molecule has 94 valence electrons. The molecule has 2 rings (SSSR count). The molecule has 2 aromatic rings. The highest BCUT2D eigenvalue weighted by Gasteiger charge is 2.05. The van der Waals surface area contributed by atoms with Gasteiger partial charge in [-0.25, -0.2) is 4.79 Å². The number of ether oxygens (including phenoxy) is 1. The Labute approximate surface area is 113 Å². The van der Waals surface area contributed by atoms with Crippen molar-refractivity contribution in [1.29, 1.82) is 0 Å². The summed E-state index contributed by atoms with van der Waals surface area (Å²) in [7, 11) is 1.36. The Balaban J connectivity index is 2.03. The number of rotatable bonds is 4. The lowest BCUT2D eigenvalue weighted by Crippen LogP contribution is -2.03. The number of benzene rings is 1. The Kier molecular flexibility index (Phi) is 4.04. The average Bonchev–Trinajstić information content (AvgIpc) is 2.81. The standard InChI is InChI=1S/C13H12BrNO3/c1-17-13(16)9-3-2-4-10(7-9)15-8-11-5-6-12(14)18-11/h2-7,15H,8H2,1H3. The molecule has 0 radical (unpaired) electrons. The topological polar surface area (TPSA) is 51.5 Å². The van der Waals surface area contributed by atoms with Crippen LogP contribution in [0.3, 0.4) is 0 Å². The Hall–Kier alpha value is -1.75. The molecule has 0 amide bonds. The molecule has 0 atom stereocenters. The van der Waals surface area contributed by atoms with Gasteiger partial charge >= 0.3 is 5.97 Å². The number of carbonyl (C=O) groups excluding carboxylic acids is 1. The van der Waals surface area contributed by atoms with Crippen LogP contribution in [-0.2, 0) is 11.3 Å². The number of esters is 1. The van der Waals surface area contributed by atoms with E-state index in [0.29, 0.717) is 16.8 Å². The summed E-state index contributed by atoms with van der Waals surface area (Å²) in [5, 5.41) is 3.17. The molecule has 1 N–H and O–H groups in total. The molecule has 0 aliphatic rings. The largest absolute Gasteiger partial charge is 0.465 e. The number of hydrogen-bond donors (Lipinski definition) is 1. The van der Waals surface area contributed by atoms with Crippen molar-refractivity contribution in [2.24, 2.45) is 0 Å². The van der Waals surface area contributed by atoms with Crippen molar-refractivity contribution in [3.8, 4) is 0 Å². The van der Waals surface area contributed by atoms with Gasteiger partial charge in [0.15, 0.2) is 4.67 Å².